The molecule has 0 aliphatic heterocycles. The number of thioether (sulfide) groups is 1. The molecule has 0 unspecified atom stereocenters. The number of hydrogen-bond acceptors (Lipinski definition) is 2. The van der Waals surface area contributed by atoms with Crippen molar-refractivity contribution in [3.05, 3.63) is 30.1 Å². The molecule has 1 rings (SSSR count). The van der Waals surface area contributed by atoms with Crippen molar-refractivity contribution in [1.82, 2.24) is 0 Å². The molecular weight excluding hydrogens is 239 g/mol. The normalized spacial score (nSPS) is 11.8. The Morgan fingerprint density at radius 2 is 2.00 bits per heavy atom. The van der Waals surface area contributed by atoms with Gasteiger partial charge in [0.15, 0.2) is 0 Å². The standard InChI is InChI=1S/C13H19FS2/c1-3-13(4-2,9-15)10-16-12-7-5-6-11(14)8-12/h5-8,15H,3-4,9-10H2,1-2H3. The molecule has 0 aliphatic carbocycles. The maximum Gasteiger partial charge on any atom is 0.124 e. The maximum absolute atomic E-state index is 13.0. The van der Waals surface area contributed by atoms with Crippen molar-refractivity contribution in [2.75, 3.05) is 11.5 Å². The van der Waals surface area contributed by atoms with Crippen molar-refractivity contribution in [3.63, 3.8) is 0 Å². The molecule has 90 valence electrons. The highest BCUT2D eigenvalue weighted by molar-refractivity contribution is 7.99. The zero-order chi connectivity index (χ0) is 12.0. The molecule has 0 spiro atoms. The Kier molecular flexibility index (Phi) is 5.70. The van der Waals surface area contributed by atoms with Gasteiger partial charge in [0.2, 0.25) is 0 Å². The smallest absolute Gasteiger partial charge is 0.124 e. The summed E-state index contributed by atoms with van der Waals surface area (Å²) in [6.45, 7) is 4.40. The van der Waals surface area contributed by atoms with Crippen LogP contribution in [-0.2, 0) is 0 Å². The lowest BCUT2D eigenvalue weighted by atomic mass is 9.87. The predicted octanol–water partition coefficient (Wildman–Crippen LogP) is 4.65. The first-order valence-electron chi connectivity index (χ1n) is 5.65. The summed E-state index contributed by atoms with van der Waals surface area (Å²) in [4.78, 5) is 1.01. The Bertz CT molecular complexity index is 313. The van der Waals surface area contributed by atoms with Gasteiger partial charge in [0.05, 0.1) is 0 Å². The summed E-state index contributed by atoms with van der Waals surface area (Å²) in [5.74, 6) is 1.74. The number of rotatable bonds is 6. The molecule has 0 aromatic heterocycles. The van der Waals surface area contributed by atoms with Crippen molar-refractivity contribution in [2.45, 2.75) is 31.6 Å². The number of benzene rings is 1. The van der Waals surface area contributed by atoms with E-state index in [1.165, 1.54) is 6.07 Å². The third kappa shape index (κ3) is 3.70. The van der Waals surface area contributed by atoms with Crippen molar-refractivity contribution >= 4 is 24.4 Å². The average Bonchev–Trinajstić information content (AvgIpc) is 2.32. The van der Waals surface area contributed by atoms with E-state index in [1.807, 2.05) is 6.07 Å². The summed E-state index contributed by atoms with van der Waals surface area (Å²) >= 11 is 6.17. The van der Waals surface area contributed by atoms with Crippen LogP contribution in [0.5, 0.6) is 0 Å². The van der Waals surface area contributed by atoms with Crippen LogP contribution in [0.1, 0.15) is 26.7 Å². The van der Waals surface area contributed by atoms with E-state index < -0.39 is 0 Å². The molecule has 1 aromatic rings. The Morgan fingerprint density at radius 3 is 2.50 bits per heavy atom. The minimum atomic E-state index is -0.158. The van der Waals surface area contributed by atoms with E-state index >= 15 is 0 Å². The van der Waals surface area contributed by atoms with E-state index in [0.29, 0.717) is 0 Å². The van der Waals surface area contributed by atoms with Crippen molar-refractivity contribution < 1.29 is 4.39 Å². The molecule has 16 heavy (non-hydrogen) atoms. The van der Waals surface area contributed by atoms with Crippen molar-refractivity contribution in [1.29, 1.82) is 0 Å². The molecule has 0 saturated heterocycles. The van der Waals surface area contributed by atoms with Crippen LogP contribution >= 0.6 is 24.4 Å². The fourth-order valence-corrected chi connectivity index (χ4v) is 3.58. The van der Waals surface area contributed by atoms with E-state index in [4.69, 9.17) is 0 Å². The Hall–Kier alpha value is -0.150. The Labute approximate surface area is 107 Å². The van der Waals surface area contributed by atoms with Gasteiger partial charge in [0.25, 0.3) is 0 Å². The summed E-state index contributed by atoms with van der Waals surface area (Å²) in [7, 11) is 0. The van der Waals surface area contributed by atoms with Gasteiger partial charge >= 0.3 is 0 Å². The van der Waals surface area contributed by atoms with E-state index in [9.17, 15) is 4.39 Å². The van der Waals surface area contributed by atoms with Crippen molar-refractivity contribution in [3.8, 4) is 0 Å². The molecule has 0 nitrogen and oxygen atoms in total. The molecule has 0 atom stereocenters. The lowest BCUT2D eigenvalue weighted by Gasteiger charge is -2.29. The zero-order valence-corrected chi connectivity index (χ0v) is 11.6. The van der Waals surface area contributed by atoms with Gasteiger partial charge in [-0.2, -0.15) is 12.6 Å². The summed E-state index contributed by atoms with van der Waals surface area (Å²) in [5.41, 5.74) is 0.278. The number of thiol groups is 1. The van der Waals surface area contributed by atoms with Gasteiger partial charge < -0.3 is 0 Å². The second kappa shape index (κ2) is 6.55. The Morgan fingerprint density at radius 1 is 1.31 bits per heavy atom. The quantitative estimate of drug-likeness (QED) is 0.572. The van der Waals surface area contributed by atoms with Crippen LogP contribution in [0, 0.1) is 11.2 Å². The van der Waals surface area contributed by atoms with Crippen LogP contribution in [-0.4, -0.2) is 11.5 Å². The first kappa shape index (κ1) is 13.9. The highest BCUT2D eigenvalue weighted by Crippen LogP contribution is 2.34. The van der Waals surface area contributed by atoms with Gasteiger partial charge in [-0.05, 0) is 42.2 Å². The number of halogens is 1. The van der Waals surface area contributed by atoms with E-state index in [2.05, 4.69) is 26.5 Å². The highest BCUT2D eigenvalue weighted by atomic mass is 32.2. The van der Waals surface area contributed by atoms with E-state index in [1.54, 1.807) is 23.9 Å². The maximum atomic E-state index is 13.0. The first-order chi connectivity index (χ1) is 7.65. The molecule has 1 aromatic carbocycles. The Balaban J connectivity index is 2.62. The minimum Gasteiger partial charge on any atom is -0.207 e. The summed E-state index contributed by atoms with van der Waals surface area (Å²) in [6.07, 6.45) is 2.24. The summed E-state index contributed by atoms with van der Waals surface area (Å²) in [6, 6.07) is 6.80. The molecule has 0 amide bonds. The van der Waals surface area contributed by atoms with Crippen LogP contribution in [0.2, 0.25) is 0 Å². The van der Waals surface area contributed by atoms with Gasteiger partial charge in [0.1, 0.15) is 5.82 Å². The zero-order valence-electron chi connectivity index (χ0n) is 9.87. The van der Waals surface area contributed by atoms with Crippen LogP contribution in [0.25, 0.3) is 0 Å². The molecular formula is C13H19FS2. The predicted molar refractivity (Wildman–Crippen MR) is 74.0 cm³/mol. The van der Waals surface area contributed by atoms with Gasteiger partial charge in [-0.3, -0.25) is 0 Å². The molecule has 0 fully saturated rings. The van der Waals surface area contributed by atoms with E-state index in [-0.39, 0.29) is 11.2 Å². The number of hydrogen-bond donors (Lipinski definition) is 1. The topological polar surface area (TPSA) is 0 Å². The molecule has 0 bridgehead atoms. The fraction of sp³-hybridized carbons (Fsp3) is 0.538. The highest BCUT2D eigenvalue weighted by Gasteiger charge is 2.24. The fourth-order valence-electron chi connectivity index (χ4n) is 1.52. The van der Waals surface area contributed by atoms with Crippen LogP contribution < -0.4 is 0 Å². The van der Waals surface area contributed by atoms with Gasteiger partial charge in [-0.1, -0.05) is 19.9 Å². The van der Waals surface area contributed by atoms with Crippen LogP contribution in [0.3, 0.4) is 0 Å². The molecule has 0 heterocycles. The molecule has 3 heteroatoms. The molecule has 0 N–H and O–H groups in total. The third-order valence-electron chi connectivity index (χ3n) is 3.18. The van der Waals surface area contributed by atoms with Crippen molar-refractivity contribution in [2.24, 2.45) is 5.41 Å². The molecule has 0 radical (unpaired) electrons. The monoisotopic (exact) mass is 258 g/mol. The molecule has 0 saturated carbocycles. The summed E-state index contributed by atoms with van der Waals surface area (Å²) in [5, 5.41) is 0. The first-order valence-corrected chi connectivity index (χ1v) is 7.27. The van der Waals surface area contributed by atoms with Gasteiger partial charge in [-0.15, -0.1) is 11.8 Å². The third-order valence-corrected chi connectivity index (χ3v) is 5.19. The molecule has 0 aliphatic rings. The SMILES string of the molecule is CCC(CC)(CS)CSc1cccc(F)c1. The lowest BCUT2D eigenvalue weighted by molar-refractivity contribution is 0.357. The van der Waals surface area contributed by atoms with Crippen LogP contribution in [0.4, 0.5) is 4.39 Å². The second-order valence-corrected chi connectivity index (χ2v) is 5.48. The van der Waals surface area contributed by atoms with Gasteiger partial charge in [-0.25, -0.2) is 4.39 Å². The summed E-state index contributed by atoms with van der Waals surface area (Å²) < 4.78 is 13.0. The van der Waals surface area contributed by atoms with Crippen LogP contribution in [0.15, 0.2) is 29.2 Å². The van der Waals surface area contributed by atoms with Gasteiger partial charge in [0, 0.05) is 10.6 Å². The average molecular weight is 258 g/mol. The second-order valence-electron chi connectivity index (χ2n) is 4.11. The lowest BCUT2D eigenvalue weighted by Crippen LogP contribution is -2.24. The van der Waals surface area contributed by atoms with E-state index in [0.717, 1.165) is 29.2 Å². The largest absolute Gasteiger partial charge is 0.207 e. The minimum absolute atomic E-state index is 0.158.